The van der Waals surface area contributed by atoms with Crippen molar-refractivity contribution in [3.63, 3.8) is 0 Å². The molecule has 0 saturated carbocycles. The van der Waals surface area contributed by atoms with Crippen LogP contribution in [-0.2, 0) is 11.2 Å². The van der Waals surface area contributed by atoms with E-state index in [0.717, 1.165) is 22.4 Å². The molecule has 1 aromatic heterocycles. The second kappa shape index (κ2) is 4.78. The van der Waals surface area contributed by atoms with Gasteiger partial charge >= 0.3 is 5.97 Å². The number of rotatable bonds is 3. The van der Waals surface area contributed by atoms with E-state index >= 15 is 0 Å². The Kier molecular flexibility index (Phi) is 3.19. The highest BCUT2D eigenvalue weighted by molar-refractivity contribution is 5.77. The van der Waals surface area contributed by atoms with E-state index in [1.807, 2.05) is 37.3 Å². The lowest BCUT2D eigenvalue weighted by molar-refractivity contribution is -0.136. The fraction of sp³-hybridized carbons (Fsp3) is 0.143. The number of hydrogen-bond donors (Lipinski definition) is 1. The largest absolute Gasteiger partial charge is 0.481 e. The molecule has 0 unspecified atom stereocenters. The monoisotopic (exact) mass is 227 g/mol. The Labute approximate surface area is 99.8 Å². The predicted molar refractivity (Wildman–Crippen MR) is 65.7 cm³/mol. The van der Waals surface area contributed by atoms with Crippen molar-refractivity contribution in [3.8, 4) is 11.1 Å². The van der Waals surface area contributed by atoms with Crippen LogP contribution in [0.25, 0.3) is 11.1 Å². The van der Waals surface area contributed by atoms with Gasteiger partial charge in [0.1, 0.15) is 0 Å². The van der Waals surface area contributed by atoms with Gasteiger partial charge in [0.2, 0.25) is 0 Å². The van der Waals surface area contributed by atoms with Crippen molar-refractivity contribution < 1.29 is 9.90 Å². The first-order valence-corrected chi connectivity index (χ1v) is 5.40. The Balaban J connectivity index is 2.55. The van der Waals surface area contributed by atoms with E-state index in [4.69, 9.17) is 5.11 Å². The van der Waals surface area contributed by atoms with Gasteiger partial charge in [-0.2, -0.15) is 0 Å². The molecule has 0 bridgehead atoms. The molecule has 3 heteroatoms. The van der Waals surface area contributed by atoms with Gasteiger partial charge < -0.3 is 5.11 Å². The lowest BCUT2D eigenvalue weighted by Crippen LogP contribution is -2.03. The molecule has 0 spiro atoms. The number of hydrogen-bond acceptors (Lipinski definition) is 2. The van der Waals surface area contributed by atoms with E-state index in [2.05, 4.69) is 4.98 Å². The molecule has 1 aromatic carbocycles. The number of aromatic nitrogens is 1. The molecule has 0 amide bonds. The molecular formula is C14H13NO2. The molecule has 0 radical (unpaired) electrons. The number of aryl methyl sites for hydroxylation is 1. The number of pyridine rings is 1. The van der Waals surface area contributed by atoms with Gasteiger partial charge in [-0.1, -0.05) is 30.3 Å². The third kappa shape index (κ3) is 2.50. The molecule has 3 nitrogen and oxygen atoms in total. The maximum absolute atomic E-state index is 10.8. The molecule has 17 heavy (non-hydrogen) atoms. The molecule has 0 atom stereocenters. The van der Waals surface area contributed by atoms with E-state index in [1.54, 1.807) is 12.3 Å². The zero-order chi connectivity index (χ0) is 12.3. The molecule has 1 N–H and O–H groups in total. The summed E-state index contributed by atoms with van der Waals surface area (Å²) in [5, 5.41) is 8.91. The number of carboxylic acids is 1. The van der Waals surface area contributed by atoms with Gasteiger partial charge in [0.05, 0.1) is 6.42 Å². The van der Waals surface area contributed by atoms with Gasteiger partial charge in [-0.15, -0.1) is 0 Å². The molecule has 2 aromatic rings. The SMILES string of the molecule is Cc1nccc(CC(=O)O)c1-c1ccccc1. The van der Waals surface area contributed by atoms with Crippen LogP contribution in [0, 0.1) is 6.92 Å². The van der Waals surface area contributed by atoms with E-state index in [9.17, 15) is 4.79 Å². The van der Waals surface area contributed by atoms with Gasteiger partial charge in [-0.05, 0) is 24.1 Å². The van der Waals surface area contributed by atoms with Gasteiger partial charge in [0.25, 0.3) is 0 Å². The van der Waals surface area contributed by atoms with E-state index in [0.29, 0.717) is 0 Å². The van der Waals surface area contributed by atoms with E-state index < -0.39 is 5.97 Å². The van der Waals surface area contributed by atoms with Crippen LogP contribution in [-0.4, -0.2) is 16.1 Å². The topological polar surface area (TPSA) is 50.2 Å². The first kappa shape index (κ1) is 11.3. The van der Waals surface area contributed by atoms with Crippen LogP contribution < -0.4 is 0 Å². The number of nitrogens with zero attached hydrogens (tertiary/aromatic N) is 1. The van der Waals surface area contributed by atoms with Gasteiger partial charge in [0.15, 0.2) is 0 Å². The highest BCUT2D eigenvalue weighted by Gasteiger charge is 2.11. The van der Waals surface area contributed by atoms with Crippen LogP contribution in [0.3, 0.4) is 0 Å². The summed E-state index contributed by atoms with van der Waals surface area (Å²) in [5.74, 6) is -0.826. The third-order valence-corrected chi connectivity index (χ3v) is 2.63. The van der Waals surface area contributed by atoms with Crippen LogP contribution in [0.2, 0.25) is 0 Å². The van der Waals surface area contributed by atoms with E-state index in [1.165, 1.54) is 0 Å². The predicted octanol–water partition coefficient (Wildman–Crippen LogP) is 2.68. The third-order valence-electron chi connectivity index (χ3n) is 2.63. The fourth-order valence-corrected chi connectivity index (χ4v) is 1.93. The minimum atomic E-state index is -0.826. The molecule has 1 heterocycles. The second-order valence-electron chi connectivity index (χ2n) is 3.87. The summed E-state index contributed by atoms with van der Waals surface area (Å²) >= 11 is 0. The van der Waals surface area contributed by atoms with Crippen LogP contribution in [0.15, 0.2) is 42.6 Å². The number of benzene rings is 1. The molecule has 0 fully saturated rings. The summed E-state index contributed by atoms with van der Waals surface area (Å²) in [5.41, 5.74) is 3.59. The lowest BCUT2D eigenvalue weighted by Gasteiger charge is -2.10. The van der Waals surface area contributed by atoms with Crippen molar-refractivity contribution in [2.75, 3.05) is 0 Å². The minimum Gasteiger partial charge on any atom is -0.481 e. The molecule has 0 aliphatic carbocycles. The van der Waals surface area contributed by atoms with Crippen molar-refractivity contribution in [1.29, 1.82) is 0 Å². The van der Waals surface area contributed by atoms with Crippen LogP contribution in [0.1, 0.15) is 11.3 Å². The minimum absolute atomic E-state index is 0.0214. The van der Waals surface area contributed by atoms with Crippen molar-refractivity contribution in [2.45, 2.75) is 13.3 Å². The maximum atomic E-state index is 10.8. The maximum Gasteiger partial charge on any atom is 0.307 e. The summed E-state index contributed by atoms with van der Waals surface area (Å²) in [6.07, 6.45) is 1.67. The van der Waals surface area contributed by atoms with Crippen LogP contribution in [0.5, 0.6) is 0 Å². The smallest absolute Gasteiger partial charge is 0.307 e. The molecule has 0 saturated heterocycles. The summed E-state index contributed by atoms with van der Waals surface area (Å²) in [6.45, 7) is 1.90. The normalized spacial score (nSPS) is 10.2. The summed E-state index contributed by atoms with van der Waals surface area (Å²) in [7, 11) is 0. The Hall–Kier alpha value is -2.16. The van der Waals surface area contributed by atoms with Gasteiger partial charge in [0, 0.05) is 17.5 Å². The quantitative estimate of drug-likeness (QED) is 0.877. The Bertz CT molecular complexity index is 535. The lowest BCUT2D eigenvalue weighted by atomic mass is 9.97. The van der Waals surface area contributed by atoms with Crippen molar-refractivity contribution >= 4 is 5.97 Å². The van der Waals surface area contributed by atoms with Gasteiger partial charge in [-0.25, -0.2) is 0 Å². The summed E-state index contributed by atoms with van der Waals surface area (Å²) < 4.78 is 0. The molecule has 0 aliphatic rings. The summed E-state index contributed by atoms with van der Waals surface area (Å²) in [6, 6.07) is 11.5. The van der Waals surface area contributed by atoms with Crippen molar-refractivity contribution in [3.05, 3.63) is 53.9 Å². The highest BCUT2D eigenvalue weighted by Crippen LogP contribution is 2.26. The average molecular weight is 227 g/mol. The standard InChI is InChI=1S/C14H13NO2/c1-10-14(11-5-3-2-4-6-11)12(7-8-15-10)9-13(16)17/h2-8H,9H2,1H3,(H,16,17). The Morgan fingerprint density at radius 3 is 2.59 bits per heavy atom. The zero-order valence-corrected chi connectivity index (χ0v) is 9.55. The molecular weight excluding hydrogens is 214 g/mol. The zero-order valence-electron chi connectivity index (χ0n) is 9.55. The fourth-order valence-electron chi connectivity index (χ4n) is 1.93. The molecule has 86 valence electrons. The molecule has 0 aliphatic heterocycles. The van der Waals surface area contributed by atoms with E-state index in [-0.39, 0.29) is 6.42 Å². The van der Waals surface area contributed by atoms with Crippen molar-refractivity contribution in [2.24, 2.45) is 0 Å². The Morgan fingerprint density at radius 2 is 1.94 bits per heavy atom. The number of aliphatic carboxylic acids is 1. The number of carbonyl (C=O) groups is 1. The van der Waals surface area contributed by atoms with Crippen LogP contribution in [0.4, 0.5) is 0 Å². The first-order valence-electron chi connectivity index (χ1n) is 5.40. The summed E-state index contributed by atoms with van der Waals surface area (Å²) in [4.78, 5) is 15.1. The Morgan fingerprint density at radius 1 is 1.24 bits per heavy atom. The highest BCUT2D eigenvalue weighted by atomic mass is 16.4. The first-order chi connectivity index (χ1) is 8.18. The van der Waals surface area contributed by atoms with Crippen LogP contribution >= 0.6 is 0 Å². The van der Waals surface area contributed by atoms with Gasteiger partial charge in [-0.3, -0.25) is 9.78 Å². The molecule has 2 rings (SSSR count). The van der Waals surface area contributed by atoms with Crippen molar-refractivity contribution in [1.82, 2.24) is 4.98 Å². The average Bonchev–Trinajstić information content (AvgIpc) is 2.29. The number of carboxylic acid groups (broad SMARTS) is 1. The second-order valence-corrected chi connectivity index (χ2v) is 3.87.